The van der Waals surface area contributed by atoms with Crippen molar-refractivity contribution in [1.82, 2.24) is 10.3 Å². The van der Waals surface area contributed by atoms with Gasteiger partial charge in [-0.3, -0.25) is 9.59 Å². The Balaban J connectivity index is 1.55. The van der Waals surface area contributed by atoms with E-state index in [0.717, 1.165) is 22.0 Å². The van der Waals surface area contributed by atoms with Gasteiger partial charge in [-0.05, 0) is 40.8 Å². The highest BCUT2D eigenvalue weighted by Gasteiger charge is 2.24. The van der Waals surface area contributed by atoms with Gasteiger partial charge in [-0.15, -0.1) is 11.3 Å². The summed E-state index contributed by atoms with van der Waals surface area (Å²) in [5.41, 5.74) is 3.42. The van der Waals surface area contributed by atoms with Gasteiger partial charge >= 0.3 is 0 Å². The fourth-order valence-electron chi connectivity index (χ4n) is 3.39. The molecule has 7 heteroatoms. The van der Waals surface area contributed by atoms with Gasteiger partial charge in [0.15, 0.2) is 0 Å². The van der Waals surface area contributed by atoms with Gasteiger partial charge in [-0.1, -0.05) is 36.4 Å². The molecule has 0 fully saturated rings. The zero-order valence-corrected chi connectivity index (χ0v) is 17.4. The molecule has 3 N–H and O–H groups in total. The Labute approximate surface area is 183 Å². The van der Waals surface area contributed by atoms with Crippen molar-refractivity contribution in [2.45, 2.75) is 18.9 Å². The molecule has 2 aromatic heterocycles. The van der Waals surface area contributed by atoms with E-state index in [9.17, 15) is 9.59 Å². The van der Waals surface area contributed by atoms with Gasteiger partial charge < -0.3 is 15.6 Å². The standard InChI is InChI=1S/C24H20N4O2S/c25-12-11-16-7-9-18(10-8-16)27-23(29)21(28-24(30)22-6-3-13-31-22)14-17-15-26-20-5-2-1-4-19(17)20/h1-10,13,15,21,26H,11,14H2,(H,27,29)(H,28,30)/t21-/m1/s1. The molecule has 2 amide bonds. The van der Waals surface area contributed by atoms with Crippen molar-refractivity contribution in [2.24, 2.45) is 0 Å². The Morgan fingerprint density at radius 1 is 1.06 bits per heavy atom. The van der Waals surface area contributed by atoms with E-state index in [-0.39, 0.29) is 11.8 Å². The molecule has 2 aromatic carbocycles. The number of rotatable bonds is 7. The number of hydrogen-bond donors (Lipinski definition) is 3. The van der Waals surface area contributed by atoms with E-state index in [1.807, 2.05) is 35.8 Å². The van der Waals surface area contributed by atoms with E-state index in [1.54, 1.807) is 36.4 Å². The molecule has 0 radical (unpaired) electrons. The minimum Gasteiger partial charge on any atom is -0.361 e. The lowest BCUT2D eigenvalue weighted by molar-refractivity contribution is -0.118. The highest BCUT2D eigenvalue weighted by Crippen LogP contribution is 2.20. The third-order valence-corrected chi connectivity index (χ3v) is 5.84. The summed E-state index contributed by atoms with van der Waals surface area (Å²) in [5, 5.41) is 17.4. The number of hydrogen-bond acceptors (Lipinski definition) is 4. The molecule has 4 aromatic rings. The van der Waals surface area contributed by atoms with Crippen LogP contribution in [0.2, 0.25) is 0 Å². The van der Waals surface area contributed by atoms with Gasteiger partial charge in [0.05, 0.1) is 17.4 Å². The molecule has 4 rings (SSSR count). The molecule has 0 spiro atoms. The van der Waals surface area contributed by atoms with E-state index in [1.165, 1.54) is 11.3 Å². The third-order valence-electron chi connectivity index (χ3n) is 4.97. The van der Waals surface area contributed by atoms with Crippen LogP contribution in [0.4, 0.5) is 5.69 Å². The predicted molar refractivity (Wildman–Crippen MR) is 122 cm³/mol. The summed E-state index contributed by atoms with van der Waals surface area (Å²) in [4.78, 5) is 29.5. The lowest BCUT2D eigenvalue weighted by Crippen LogP contribution is -2.45. The fourth-order valence-corrected chi connectivity index (χ4v) is 4.02. The van der Waals surface area contributed by atoms with Gasteiger partial charge in [0.25, 0.3) is 5.91 Å². The van der Waals surface area contributed by atoms with Crippen molar-refractivity contribution < 1.29 is 9.59 Å². The Morgan fingerprint density at radius 2 is 1.87 bits per heavy atom. The monoisotopic (exact) mass is 428 g/mol. The van der Waals surface area contributed by atoms with Gasteiger partial charge in [0.1, 0.15) is 6.04 Å². The number of amides is 2. The molecule has 0 aliphatic rings. The summed E-state index contributed by atoms with van der Waals surface area (Å²) in [6.07, 6.45) is 2.53. The molecule has 0 bridgehead atoms. The summed E-state index contributed by atoms with van der Waals surface area (Å²) < 4.78 is 0. The number of nitrogens with zero attached hydrogens (tertiary/aromatic N) is 1. The quantitative estimate of drug-likeness (QED) is 0.410. The minimum atomic E-state index is -0.757. The molecule has 0 saturated carbocycles. The first-order valence-corrected chi connectivity index (χ1v) is 10.7. The minimum absolute atomic E-state index is 0.278. The number of aromatic amines is 1. The van der Waals surface area contributed by atoms with Crippen LogP contribution in [0.25, 0.3) is 10.9 Å². The molecule has 0 saturated heterocycles. The Kier molecular flexibility index (Phi) is 6.11. The topological polar surface area (TPSA) is 97.8 Å². The van der Waals surface area contributed by atoms with E-state index < -0.39 is 6.04 Å². The maximum Gasteiger partial charge on any atom is 0.262 e. The summed E-state index contributed by atoms with van der Waals surface area (Å²) in [6, 6.07) is 19.9. The van der Waals surface area contributed by atoms with Crippen LogP contribution in [-0.4, -0.2) is 22.8 Å². The van der Waals surface area contributed by atoms with Crippen LogP contribution in [-0.2, 0) is 17.6 Å². The number of fused-ring (bicyclic) bond motifs is 1. The Bertz CT molecular complexity index is 1240. The third kappa shape index (κ3) is 4.82. The van der Waals surface area contributed by atoms with Crippen molar-refractivity contribution in [1.29, 1.82) is 5.26 Å². The van der Waals surface area contributed by atoms with Gasteiger partial charge in [0.2, 0.25) is 5.91 Å². The second-order valence-electron chi connectivity index (χ2n) is 7.09. The van der Waals surface area contributed by atoms with Crippen molar-refractivity contribution in [2.75, 3.05) is 5.32 Å². The van der Waals surface area contributed by atoms with Crippen LogP contribution in [0, 0.1) is 11.3 Å². The van der Waals surface area contributed by atoms with Crippen molar-refractivity contribution >= 4 is 39.7 Å². The molecule has 6 nitrogen and oxygen atoms in total. The number of para-hydroxylation sites is 1. The molecular formula is C24H20N4O2S. The summed E-state index contributed by atoms with van der Waals surface area (Å²) in [7, 11) is 0. The average Bonchev–Trinajstić information content (AvgIpc) is 3.45. The molecule has 0 aliphatic heterocycles. The summed E-state index contributed by atoms with van der Waals surface area (Å²) in [6.45, 7) is 0. The first kappa shape index (κ1) is 20.4. The van der Waals surface area contributed by atoms with Crippen molar-refractivity contribution in [3.05, 3.63) is 88.2 Å². The van der Waals surface area contributed by atoms with Crippen LogP contribution in [0.5, 0.6) is 0 Å². The number of thiophene rings is 1. The second-order valence-corrected chi connectivity index (χ2v) is 8.04. The molecule has 0 aliphatic carbocycles. The molecule has 2 heterocycles. The van der Waals surface area contributed by atoms with Crippen molar-refractivity contribution in [3.8, 4) is 6.07 Å². The van der Waals surface area contributed by atoms with E-state index in [4.69, 9.17) is 5.26 Å². The van der Waals surface area contributed by atoms with Gasteiger partial charge in [-0.2, -0.15) is 5.26 Å². The number of H-pyrrole nitrogens is 1. The average molecular weight is 429 g/mol. The Morgan fingerprint density at radius 3 is 2.61 bits per heavy atom. The van der Waals surface area contributed by atoms with Crippen LogP contribution < -0.4 is 10.6 Å². The Hall–Kier alpha value is -3.89. The molecular weight excluding hydrogens is 408 g/mol. The molecule has 1 atom stereocenters. The highest BCUT2D eigenvalue weighted by molar-refractivity contribution is 7.12. The van der Waals surface area contributed by atoms with Crippen LogP contribution >= 0.6 is 11.3 Å². The number of anilines is 1. The lowest BCUT2D eigenvalue weighted by atomic mass is 10.0. The maximum absolute atomic E-state index is 13.1. The zero-order chi connectivity index (χ0) is 21.6. The van der Waals surface area contributed by atoms with Gasteiger partial charge in [-0.25, -0.2) is 0 Å². The van der Waals surface area contributed by atoms with Crippen LogP contribution in [0.1, 0.15) is 20.8 Å². The first-order valence-electron chi connectivity index (χ1n) is 9.80. The largest absolute Gasteiger partial charge is 0.361 e. The van der Waals surface area contributed by atoms with E-state index >= 15 is 0 Å². The second kappa shape index (κ2) is 9.28. The van der Waals surface area contributed by atoms with Crippen LogP contribution in [0.15, 0.2) is 72.2 Å². The van der Waals surface area contributed by atoms with E-state index in [0.29, 0.717) is 23.4 Å². The number of aromatic nitrogens is 1. The smallest absolute Gasteiger partial charge is 0.262 e. The SMILES string of the molecule is N#CCc1ccc(NC(=O)[C@@H](Cc2c[nH]c3ccccc23)NC(=O)c2cccs2)cc1. The number of benzene rings is 2. The molecule has 154 valence electrons. The molecule has 31 heavy (non-hydrogen) atoms. The van der Waals surface area contributed by atoms with Gasteiger partial charge in [0, 0.05) is 29.2 Å². The summed E-state index contributed by atoms with van der Waals surface area (Å²) in [5.74, 6) is -0.581. The highest BCUT2D eigenvalue weighted by atomic mass is 32.1. The predicted octanol–water partition coefficient (Wildman–Crippen LogP) is 4.28. The van der Waals surface area contributed by atoms with Crippen molar-refractivity contribution in [3.63, 3.8) is 0 Å². The lowest BCUT2D eigenvalue weighted by Gasteiger charge is -2.18. The number of nitriles is 1. The molecule has 0 unspecified atom stereocenters. The van der Waals surface area contributed by atoms with Crippen LogP contribution in [0.3, 0.4) is 0 Å². The maximum atomic E-state index is 13.1. The summed E-state index contributed by atoms with van der Waals surface area (Å²) >= 11 is 1.33. The number of carbonyl (C=O) groups is 2. The first-order chi connectivity index (χ1) is 15.1. The normalized spacial score (nSPS) is 11.6. The fraction of sp³-hybridized carbons (Fsp3) is 0.125. The number of nitrogens with one attached hydrogen (secondary N) is 3. The van der Waals surface area contributed by atoms with E-state index in [2.05, 4.69) is 21.7 Å². The number of carbonyl (C=O) groups excluding carboxylic acids is 2. The zero-order valence-electron chi connectivity index (χ0n) is 16.6.